The minimum Gasteiger partial charge on any atom is -0.461 e. The Morgan fingerprint density at radius 3 is 2.81 bits per heavy atom. The fourth-order valence-corrected chi connectivity index (χ4v) is 3.60. The molecular weight excluding hydrogens is 264 g/mol. The molecule has 6 atom stereocenters. The van der Waals surface area contributed by atoms with Crippen LogP contribution in [0.5, 0.6) is 0 Å². The fourth-order valence-electron chi connectivity index (χ4n) is 3.60. The smallest absolute Gasteiger partial charge is 0.308 e. The van der Waals surface area contributed by atoms with Gasteiger partial charge >= 0.3 is 5.97 Å². The summed E-state index contributed by atoms with van der Waals surface area (Å²) in [4.78, 5) is 12.2. The summed E-state index contributed by atoms with van der Waals surface area (Å²) in [6.45, 7) is 8.31. The maximum absolute atomic E-state index is 12.2. The molecular formula is C18H28O3. The van der Waals surface area contributed by atoms with E-state index in [9.17, 15) is 9.90 Å². The van der Waals surface area contributed by atoms with Gasteiger partial charge < -0.3 is 9.84 Å². The van der Waals surface area contributed by atoms with Crippen molar-refractivity contribution in [2.45, 2.75) is 59.2 Å². The monoisotopic (exact) mass is 292 g/mol. The van der Waals surface area contributed by atoms with E-state index in [1.807, 2.05) is 19.9 Å². The van der Waals surface area contributed by atoms with Crippen LogP contribution in [0.1, 0.15) is 47.0 Å². The number of aliphatic hydroxyl groups excluding tert-OH is 1. The third-order valence-electron chi connectivity index (χ3n) is 5.13. The zero-order chi connectivity index (χ0) is 15.6. The van der Waals surface area contributed by atoms with Gasteiger partial charge in [-0.05, 0) is 23.8 Å². The van der Waals surface area contributed by atoms with E-state index in [0.717, 1.165) is 18.4 Å². The first-order valence-electron chi connectivity index (χ1n) is 8.26. The molecule has 0 aromatic heterocycles. The highest BCUT2D eigenvalue weighted by atomic mass is 16.5. The summed E-state index contributed by atoms with van der Waals surface area (Å²) in [5.41, 5.74) is 1.14. The molecule has 0 aromatic rings. The Balaban J connectivity index is 2.23. The molecule has 6 unspecified atom stereocenters. The van der Waals surface area contributed by atoms with Gasteiger partial charge in [0.1, 0.15) is 6.10 Å². The number of hydrogen-bond donors (Lipinski definition) is 1. The third kappa shape index (κ3) is 3.39. The van der Waals surface area contributed by atoms with Gasteiger partial charge in [-0.2, -0.15) is 0 Å². The van der Waals surface area contributed by atoms with Crippen LogP contribution < -0.4 is 0 Å². The lowest BCUT2D eigenvalue weighted by Gasteiger charge is -2.42. The van der Waals surface area contributed by atoms with Crippen LogP contribution in [0.25, 0.3) is 0 Å². The van der Waals surface area contributed by atoms with Crippen molar-refractivity contribution in [2.24, 2.45) is 23.7 Å². The molecule has 118 valence electrons. The second-order valence-corrected chi connectivity index (χ2v) is 6.57. The zero-order valence-electron chi connectivity index (χ0n) is 13.6. The van der Waals surface area contributed by atoms with E-state index >= 15 is 0 Å². The third-order valence-corrected chi connectivity index (χ3v) is 5.13. The minimum absolute atomic E-state index is 0.0758. The highest BCUT2D eigenvalue weighted by molar-refractivity contribution is 5.72. The summed E-state index contributed by atoms with van der Waals surface area (Å²) in [5.74, 6) is 0.980. The van der Waals surface area contributed by atoms with Crippen molar-refractivity contribution in [3.05, 3.63) is 23.8 Å². The predicted molar refractivity (Wildman–Crippen MR) is 83.6 cm³/mol. The molecule has 2 aliphatic rings. The average Bonchev–Trinajstić information content (AvgIpc) is 2.46. The van der Waals surface area contributed by atoms with Gasteiger partial charge in [0.25, 0.3) is 0 Å². The van der Waals surface area contributed by atoms with Gasteiger partial charge in [-0.15, -0.1) is 0 Å². The number of hydrogen-bond acceptors (Lipinski definition) is 3. The van der Waals surface area contributed by atoms with E-state index in [0.29, 0.717) is 18.3 Å². The molecule has 0 spiro atoms. The molecule has 0 saturated carbocycles. The summed E-state index contributed by atoms with van der Waals surface area (Å²) in [6, 6.07) is 0. The molecule has 0 radical (unpaired) electrons. The number of esters is 1. The van der Waals surface area contributed by atoms with Gasteiger partial charge in [-0.1, -0.05) is 52.3 Å². The fraction of sp³-hybridized carbons (Fsp3) is 0.722. The zero-order valence-corrected chi connectivity index (χ0v) is 13.6. The lowest BCUT2D eigenvalue weighted by Crippen LogP contribution is -2.42. The maximum Gasteiger partial charge on any atom is 0.308 e. The molecule has 0 bridgehead atoms. The SMILES string of the molecule is CCC(C)C(=O)OC1CC(O)C=C2C=CC(C)C(CC)C21. The highest BCUT2D eigenvalue weighted by Crippen LogP contribution is 2.43. The van der Waals surface area contributed by atoms with Crippen molar-refractivity contribution in [3.8, 4) is 0 Å². The second-order valence-electron chi connectivity index (χ2n) is 6.57. The molecule has 2 aliphatic carbocycles. The van der Waals surface area contributed by atoms with Crippen molar-refractivity contribution in [3.63, 3.8) is 0 Å². The van der Waals surface area contributed by atoms with Crippen molar-refractivity contribution in [2.75, 3.05) is 0 Å². The molecule has 2 rings (SSSR count). The van der Waals surface area contributed by atoms with Crippen molar-refractivity contribution in [1.82, 2.24) is 0 Å². The molecule has 0 heterocycles. The molecule has 0 amide bonds. The quantitative estimate of drug-likeness (QED) is 0.807. The topological polar surface area (TPSA) is 46.5 Å². The van der Waals surface area contributed by atoms with Crippen LogP contribution in [-0.2, 0) is 9.53 Å². The van der Waals surface area contributed by atoms with Gasteiger partial charge in [0.2, 0.25) is 0 Å². The normalized spacial score (nSPS) is 36.6. The first-order chi connectivity index (χ1) is 9.97. The molecule has 0 saturated heterocycles. The molecule has 21 heavy (non-hydrogen) atoms. The summed E-state index contributed by atoms with van der Waals surface area (Å²) in [7, 11) is 0. The molecule has 3 nitrogen and oxygen atoms in total. The van der Waals surface area contributed by atoms with Gasteiger partial charge in [0.05, 0.1) is 12.0 Å². The van der Waals surface area contributed by atoms with Crippen LogP contribution in [0.2, 0.25) is 0 Å². The largest absolute Gasteiger partial charge is 0.461 e. The summed E-state index contributed by atoms with van der Waals surface area (Å²) < 4.78 is 5.79. The number of ether oxygens (including phenoxy) is 1. The number of rotatable bonds is 4. The maximum atomic E-state index is 12.2. The predicted octanol–water partition coefficient (Wildman–Crippen LogP) is 3.48. The lowest BCUT2D eigenvalue weighted by molar-refractivity contribution is -0.159. The Morgan fingerprint density at radius 2 is 2.19 bits per heavy atom. The second kappa shape index (κ2) is 6.78. The van der Waals surface area contributed by atoms with Gasteiger partial charge in [0.15, 0.2) is 0 Å². The van der Waals surface area contributed by atoms with Crippen molar-refractivity contribution in [1.29, 1.82) is 0 Å². The number of aliphatic hydroxyl groups is 1. The molecule has 0 fully saturated rings. The Morgan fingerprint density at radius 1 is 1.48 bits per heavy atom. The summed E-state index contributed by atoms with van der Waals surface area (Å²) in [5, 5.41) is 10.1. The first-order valence-corrected chi connectivity index (χ1v) is 8.26. The summed E-state index contributed by atoms with van der Waals surface area (Å²) >= 11 is 0. The Hall–Kier alpha value is -1.09. The average molecular weight is 292 g/mol. The van der Waals surface area contributed by atoms with E-state index in [-0.39, 0.29) is 23.9 Å². The van der Waals surface area contributed by atoms with E-state index in [1.54, 1.807) is 0 Å². The highest BCUT2D eigenvalue weighted by Gasteiger charge is 2.41. The van der Waals surface area contributed by atoms with Gasteiger partial charge in [-0.3, -0.25) is 4.79 Å². The van der Waals surface area contributed by atoms with E-state index in [4.69, 9.17) is 4.74 Å². The molecule has 0 aromatic carbocycles. The van der Waals surface area contributed by atoms with Gasteiger partial charge in [-0.25, -0.2) is 0 Å². The van der Waals surface area contributed by atoms with Gasteiger partial charge in [0, 0.05) is 12.3 Å². The van der Waals surface area contributed by atoms with E-state index in [2.05, 4.69) is 26.0 Å². The molecule has 3 heteroatoms. The van der Waals surface area contributed by atoms with Crippen LogP contribution >= 0.6 is 0 Å². The first kappa shape index (κ1) is 16.3. The Bertz CT molecular complexity index is 438. The van der Waals surface area contributed by atoms with Crippen LogP contribution in [-0.4, -0.2) is 23.3 Å². The van der Waals surface area contributed by atoms with Crippen LogP contribution in [0.15, 0.2) is 23.8 Å². The standard InChI is InChI=1S/C18H28O3/c1-5-11(3)18(20)21-16-10-14(19)9-13-8-7-12(4)15(6-2)17(13)16/h7-9,11-12,14-17,19H,5-6,10H2,1-4H3. The summed E-state index contributed by atoms with van der Waals surface area (Å²) in [6.07, 6.45) is 7.91. The Labute approximate surface area is 128 Å². The van der Waals surface area contributed by atoms with Crippen molar-refractivity contribution < 1.29 is 14.6 Å². The number of carbonyl (C=O) groups is 1. The van der Waals surface area contributed by atoms with Crippen LogP contribution in [0.3, 0.4) is 0 Å². The van der Waals surface area contributed by atoms with E-state index in [1.165, 1.54) is 0 Å². The number of carbonyl (C=O) groups excluding carboxylic acids is 1. The molecule has 0 aliphatic heterocycles. The lowest BCUT2D eigenvalue weighted by atomic mass is 9.67. The van der Waals surface area contributed by atoms with Crippen LogP contribution in [0, 0.1) is 23.7 Å². The number of fused-ring (bicyclic) bond motifs is 1. The van der Waals surface area contributed by atoms with Crippen LogP contribution in [0.4, 0.5) is 0 Å². The Kier molecular flexibility index (Phi) is 5.26. The number of allylic oxidation sites excluding steroid dienone is 2. The molecule has 1 N–H and O–H groups in total. The van der Waals surface area contributed by atoms with E-state index < -0.39 is 6.10 Å². The minimum atomic E-state index is -0.512. The van der Waals surface area contributed by atoms with Crippen molar-refractivity contribution >= 4 is 5.97 Å².